The third-order valence-corrected chi connectivity index (χ3v) is 4.13. The molecule has 2 aromatic carbocycles. The summed E-state index contributed by atoms with van der Waals surface area (Å²) >= 11 is 0. The van der Waals surface area contributed by atoms with Crippen LogP contribution in [0.3, 0.4) is 0 Å². The number of hydrogen-bond donors (Lipinski definition) is 1. The molecule has 1 aromatic heterocycles. The van der Waals surface area contributed by atoms with E-state index in [2.05, 4.69) is 0 Å². The average Bonchev–Trinajstić information content (AvgIpc) is 3.02. The smallest absolute Gasteiger partial charge is 0.269 e. The molecule has 0 fully saturated rings. The van der Waals surface area contributed by atoms with Crippen molar-refractivity contribution in [3.8, 4) is 5.75 Å². The van der Waals surface area contributed by atoms with Gasteiger partial charge in [0.1, 0.15) is 17.6 Å². The molecule has 3 aromatic rings. The number of likely N-dealkylation sites (N-methyl/N-ethyl adjacent to an activating group) is 1. The average molecular weight is 356 g/mol. The monoisotopic (exact) mass is 356 g/mol. The first-order valence-electron chi connectivity index (χ1n) is 8.20. The molecule has 0 aliphatic heterocycles. The Labute approximate surface area is 150 Å². The molecule has 1 heterocycles. The molecule has 7 nitrogen and oxygen atoms in total. The van der Waals surface area contributed by atoms with Gasteiger partial charge in [-0.15, -0.1) is 0 Å². The maximum absolute atomic E-state index is 10.7. The molecule has 0 spiro atoms. The largest absolute Gasteiger partial charge is 0.472 e. The van der Waals surface area contributed by atoms with Crippen molar-refractivity contribution in [2.24, 2.45) is 0 Å². The van der Waals surface area contributed by atoms with E-state index in [4.69, 9.17) is 9.15 Å². The summed E-state index contributed by atoms with van der Waals surface area (Å²) in [5.74, 6) is 1.22. The summed E-state index contributed by atoms with van der Waals surface area (Å²) in [7, 11) is 1.82. The van der Waals surface area contributed by atoms with Gasteiger partial charge in [0, 0.05) is 22.9 Å². The molecule has 0 radical (unpaired) electrons. The lowest BCUT2D eigenvalue weighted by Crippen LogP contribution is -2.43. The van der Waals surface area contributed by atoms with Gasteiger partial charge in [-0.1, -0.05) is 24.3 Å². The standard InChI is InChI=1S/C19H20N2O5/c1-13(22)19(26-16-9-7-15(8-10-16)21(23)24)20(2)11-18-17-6-4-3-5-14(17)12-25-18/h3-10,12-13,19,22H,11H2,1-2H3. The van der Waals surface area contributed by atoms with Crippen molar-refractivity contribution >= 4 is 16.5 Å². The van der Waals surface area contributed by atoms with Crippen molar-refractivity contribution in [2.45, 2.75) is 25.8 Å². The molecule has 0 aliphatic rings. The second-order valence-corrected chi connectivity index (χ2v) is 6.16. The van der Waals surface area contributed by atoms with Crippen LogP contribution in [0.25, 0.3) is 10.8 Å². The van der Waals surface area contributed by atoms with Crippen LogP contribution in [0.15, 0.2) is 59.2 Å². The number of nitro groups is 1. The second-order valence-electron chi connectivity index (χ2n) is 6.16. The minimum Gasteiger partial charge on any atom is -0.472 e. The summed E-state index contributed by atoms with van der Waals surface area (Å²) in [6.45, 7) is 2.07. The Hall–Kier alpha value is -2.90. The van der Waals surface area contributed by atoms with Crippen LogP contribution in [0.2, 0.25) is 0 Å². The lowest BCUT2D eigenvalue weighted by molar-refractivity contribution is -0.384. The van der Waals surface area contributed by atoms with E-state index in [0.29, 0.717) is 12.3 Å². The van der Waals surface area contributed by atoms with Gasteiger partial charge in [-0.2, -0.15) is 0 Å². The van der Waals surface area contributed by atoms with Gasteiger partial charge in [0.25, 0.3) is 5.69 Å². The van der Waals surface area contributed by atoms with Gasteiger partial charge in [-0.25, -0.2) is 0 Å². The van der Waals surface area contributed by atoms with Crippen LogP contribution in [0, 0.1) is 10.1 Å². The summed E-state index contributed by atoms with van der Waals surface area (Å²) in [4.78, 5) is 12.1. The fraction of sp³-hybridized carbons (Fsp3) is 0.263. The Morgan fingerprint density at radius 3 is 2.58 bits per heavy atom. The van der Waals surface area contributed by atoms with Crippen molar-refractivity contribution < 1.29 is 19.2 Å². The summed E-state index contributed by atoms with van der Waals surface area (Å²) < 4.78 is 11.5. The summed E-state index contributed by atoms with van der Waals surface area (Å²) in [6.07, 6.45) is 0.282. The highest BCUT2D eigenvalue weighted by atomic mass is 16.6. The van der Waals surface area contributed by atoms with Crippen LogP contribution in [0.4, 0.5) is 5.69 Å². The number of rotatable bonds is 7. The lowest BCUT2D eigenvalue weighted by Gasteiger charge is -2.30. The Bertz CT molecular complexity index is 888. The maximum Gasteiger partial charge on any atom is 0.269 e. The van der Waals surface area contributed by atoms with Gasteiger partial charge >= 0.3 is 0 Å². The molecule has 26 heavy (non-hydrogen) atoms. The zero-order valence-corrected chi connectivity index (χ0v) is 14.5. The number of benzene rings is 2. The fourth-order valence-electron chi connectivity index (χ4n) is 2.83. The Balaban J connectivity index is 1.75. The molecule has 2 atom stereocenters. The second kappa shape index (κ2) is 7.55. The van der Waals surface area contributed by atoms with Crippen LogP contribution in [-0.2, 0) is 6.54 Å². The van der Waals surface area contributed by atoms with Crippen LogP contribution in [0.1, 0.15) is 12.7 Å². The minimum absolute atomic E-state index is 0.0126. The molecule has 7 heteroatoms. The summed E-state index contributed by atoms with van der Waals surface area (Å²) in [6, 6.07) is 13.6. The number of non-ortho nitro benzene ring substituents is 1. The van der Waals surface area contributed by atoms with Crippen molar-refractivity contribution in [3.05, 3.63) is 70.7 Å². The van der Waals surface area contributed by atoms with Gasteiger partial charge in [0.15, 0.2) is 6.23 Å². The molecule has 136 valence electrons. The number of fused-ring (bicyclic) bond motifs is 1. The van der Waals surface area contributed by atoms with E-state index in [0.717, 1.165) is 16.5 Å². The van der Waals surface area contributed by atoms with E-state index in [1.54, 1.807) is 13.2 Å². The van der Waals surface area contributed by atoms with Gasteiger partial charge < -0.3 is 14.3 Å². The first kappa shape index (κ1) is 17.9. The molecule has 0 saturated heterocycles. The third kappa shape index (κ3) is 3.84. The Kier molecular flexibility index (Phi) is 5.20. The summed E-state index contributed by atoms with van der Waals surface area (Å²) in [5.41, 5.74) is -0.0126. The third-order valence-electron chi connectivity index (χ3n) is 4.13. The van der Waals surface area contributed by atoms with Crippen LogP contribution in [-0.4, -0.2) is 34.3 Å². The number of aliphatic hydroxyl groups is 1. The molecule has 1 N–H and O–H groups in total. The van der Waals surface area contributed by atoms with Crippen LogP contribution >= 0.6 is 0 Å². The molecular weight excluding hydrogens is 336 g/mol. The number of nitrogens with zero attached hydrogens (tertiary/aromatic N) is 2. The molecule has 0 aliphatic carbocycles. The van der Waals surface area contributed by atoms with Crippen LogP contribution in [0.5, 0.6) is 5.75 Å². The molecule has 0 bridgehead atoms. The van der Waals surface area contributed by atoms with Crippen molar-refractivity contribution in [1.29, 1.82) is 0 Å². The molecule has 0 amide bonds. The number of nitro benzene ring substituents is 1. The molecule has 0 saturated carbocycles. The van der Waals surface area contributed by atoms with Gasteiger partial charge in [-0.05, 0) is 26.1 Å². The highest BCUT2D eigenvalue weighted by Gasteiger charge is 2.24. The topological polar surface area (TPSA) is 89.0 Å². The van der Waals surface area contributed by atoms with E-state index in [-0.39, 0.29) is 5.69 Å². The normalized spacial score (nSPS) is 13.7. The SMILES string of the molecule is CC(O)C(Oc1ccc([N+](=O)[O-])cc1)N(C)Cc1occ2ccccc12. The fourth-order valence-corrected chi connectivity index (χ4v) is 2.83. The number of aliphatic hydroxyl groups excluding tert-OH is 1. The predicted octanol–water partition coefficient (Wildman–Crippen LogP) is 3.56. The predicted molar refractivity (Wildman–Crippen MR) is 96.9 cm³/mol. The quantitative estimate of drug-likeness (QED) is 0.395. The molecule has 2 unspecified atom stereocenters. The molecule has 3 rings (SSSR count). The van der Waals surface area contributed by atoms with Gasteiger partial charge in [0.05, 0.1) is 17.7 Å². The van der Waals surface area contributed by atoms with Crippen molar-refractivity contribution in [3.63, 3.8) is 0 Å². The van der Waals surface area contributed by atoms with E-state index in [1.807, 2.05) is 36.2 Å². The summed E-state index contributed by atoms with van der Waals surface area (Å²) in [5, 5.41) is 22.9. The number of hydrogen-bond acceptors (Lipinski definition) is 6. The minimum atomic E-state index is -0.781. The Morgan fingerprint density at radius 2 is 1.92 bits per heavy atom. The highest BCUT2D eigenvalue weighted by Crippen LogP contribution is 2.24. The molecular formula is C19H20N2O5. The first-order chi connectivity index (χ1) is 12.5. The zero-order chi connectivity index (χ0) is 18.7. The van der Waals surface area contributed by atoms with Crippen molar-refractivity contribution in [1.82, 2.24) is 4.90 Å². The van der Waals surface area contributed by atoms with E-state index < -0.39 is 17.3 Å². The highest BCUT2D eigenvalue weighted by molar-refractivity contribution is 5.83. The van der Waals surface area contributed by atoms with Crippen molar-refractivity contribution in [2.75, 3.05) is 7.05 Å². The Morgan fingerprint density at radius 1 is 1.23 bits per heavy atom. The lowest BCUT2D eigenvalue weighted by atomic mass is 10.2. The number of furan rings is 1. The van der Waals surface area contributed by atoms with E-state index in [9.17, 15) is 15.2 Å². The van der Waals surface area contributed by atoms with Gasteiger partial charge in [0.2, 0.25) is 0 Å². The van der Waals surface area contributed by atoms with E-state index >= 15 is 0 Å². The van der Waals surface area contributed by atoms with Gasteiger partial charge in [-0.3, -0.25) is 15.0 Å². The zero-order valence-electron chi connectivity index (χ0n) is 14.5. The maximum atomic E-state index is 10.7. The number of ether oxygens (including phenoxy) is 1. The first-order valence-corrected chi connectivity index (χ1v) is 8.20. The van der Waals surface area contributed by atoms with E-state index in [1.165, 1.54) is 24.3 Å². The van der Waals surface area contributed by atoms with Crippen LogP contribution < -0.4 is 4.74 Å².